The van der Waals surface area contributed by atoms with Crippen LogP contribution in [0.2, 0.25) is 0 Å². The number of hydrogen-bond donors (Lipinski definition) is 0. The van der Waals surface area contributed by atoms with Gasteiger partial charge in [-0.05, 0) is 48.5 Å². The lowest BCUT2D eigenvalue weighted by Crippen LogP contribution is -2.28. The Hall–Kier alpha value is -0.350. The van der Waals surface area contributed by atoms with Crippen molar-refractivity contribution in [1.82, 2.24) is 14.7 Å². The summed E-state index contributed by atoms with van der Waals surface area (Å²) in [7, 11) is 0. The van der Waals surface area contributed by atoms with Crippen LogP contribution in [-0.2, 0) is 19.5 Å². The van der Waals surface area contributed by atoms with Crippen LogP contribution in [0.1, 0.15) is 45.5 Å². The van der Waals surface area contributed by atoms with Crippen LogP contribution in [0.25, 0.3) is 0 Å². The molecule has 0 bridgehead atoms. The van der Waals surface area contributed by atoms with E-state index in [1.807, 2.05) is 0 Å². The van der Waals surface area contributed by atoms with Crippen LogP contribution >= 0.6 is 15.9 Å². The molecule has 1 fully saturated rings. The SMILES string of the molecule is CCc1nn(CC)c(CN2CC(C)CC2C)c1Br. The van der Waals surface area contributed by atoms with Gasteiger partial charge < -0.3 is 0 Å². The van der Waals surface area contributed by atoms with Gasteiger partial charge in [0.15, 0.2) is 0 Å². The van der Waals surface area contributed by atoms with E-state index in [1.54, 1.807) is 0 Å². The first-order valence-electron chi connectivity index (χ1n) is 7.04. The second-order valence-electron chi connectivity index (χ2n) is 5.50. The van der Waals surface area contributed by atoms with Crippen molar-refractivity contribution in [1.29, 1.82) is 0 Å². The summed E-state index contributed by atoms with van der Waals surface area (Å²) in [6.45, 7) is 12.2. The lowest BCUT2D eigenvalue weighted by molar-refractivity contribution is 0.248. The molecule has 1 aliphatic heterocycles. The Morgan fingerprint density at radius 1 is 1.33 bits per heavy atom. The number of hydrogen-bond acceptors (Lipinski definition) is 2. The van der Waals surface area contributed by atoms with Crippen LogP contribution in [0.5, 0.6) is 0 Å². The molecule has 1 aromatic heterocycles. The zero-order chi connectivity index (χ0) is 13.3. The molecule has 102 valence electrons. The third-order valence-corrected chi connectivity index (χ3v) is 4.88. The van der Waals surface area contributed by atoms with Crippen molar-refractivity contribution >= 4 is 15.9 Å². The molecule has 1 aromatic rings. The van der Waals surface area contributed by atoms with Gasteiger partial charge in [0.1, 0.15) is 0 Å². The predicted octanol–water partition coefficient (Wildman–Crippen LogP) is 3.46. The van der Waals surface area contributed by atoms with E-state index in [-0.39, 0.29) is 0 Å². The molecule has 4 heteroatoms. The molecule has 1 saturated heterocycles. The fourth-order valence-electron chi connectivity index (χ4n) is 2.97. The van der Waals surface area contributed by atoms with Gasteiger partial charge in [-0.25, -0.2) is 0 Å². The number of aromatic nitrogens is 2. The van der Waals surface area contributed by atoms with E-state index in [0.717, 1.165) is 25.4 Å². The molecule has 0 N–H and O–H groups in total. The summed E-state index contributed by atoms with van der Waals surface area (Å²) in [6, 6.07) is 0.692. The minimum atomic E-state index is 0.692. The van der Waals surface area contributed by atoms with Crippen molar-refractivity contribution < 1.29 is 0 Å². The molecule has 2 unspecified atom stereocenters. The minimum absolute atomic E-state index is 0.692. The average Bonchev–Trinajstić information content (AvgIpc) is 2.81. The quantitative estimate of drug-likeness (QED) is 0.849. The van der Waals surface area contributed by atoms with Gasteiger partial charge in [0, 0.05) is 25.7 Å². The first kappa shape index (κ1) is 14.1. The number of likely N-dealkylation sites (tertiary alicyclic amines) is 1. The van der Waals surface area contributed by atoms with Gasteiger partial charge in [0.05, 0.1) is 15.9 Å². The molecule has 2 rings (SSSR count). The van der Waals surface area contributed by atoms with Gasteiger partial charge in [0.25, 0.3) is 0 Å². The Morgan fingerprint density at radius 2 is 2.06 bits per heavy atom. The first-order chi connectivity index (χ1) is 8.56. The predicted molar refractivity (Wildman–Crippen MR) is 78.6 cm³/mol. The summed E-state index contributed by atoms with van der Waals surface area (Å²) in [5.74, 6) is 0.822. The molecule has 0 amide bonds. The van der Waals surface area contributed by atoms with E-state index >= 15 is 0 Å². The zero-order valence-corrected chi connectivity index (χ0v) is 13.5. The number of nitrogens with zero attached hydrogens (tertiary/aromatic N) is 3. The van der Waals surface area contributed by atoms with Crippen LogP contribution in [0, 0.1) is 5.92 Å². The molecule has 0 aromatic carbocycles. The third kappa shape index (κ3) is 2.64. The van der Waals surface area contributed by atoms with E-state index in [2.05, 4.69) is 58.3 Å². The highest BCUT2D eigenvalue weighted by molar-refractivity contribution is 9.10. The van der Waals surface area contributed by atoms with Gasteiger partial charge in [0.2, 0.25) is 0 Å². The summed E-state index contributed by atoms with van der Waals surface area (Å²) < 4.78 is 3.37. The molecule has 1 aliphatic rings. The molecule has 2 heterocycles. The molecule has 0 spiro atoms. The summed E-state index contributed by atoms with van der Waals surface area (Å²) in [5.41, 5.74) is 2.53. The lowest BCUT2D eigenvalue weighted by atomic mass is 10.1. The number of rotatable bonds is 4. The molecule has 3 nitrogen and oxygen atoms in total. The fraction of sp³-hybridized carbons (Fsp3) is 0.786. The fourth-order valence-corrected chi connectivity index (χ4v) is 3.66. The van der Waals surface area contributed by atoms with Gasteiger partial charge >= 0.3 is 0 Å². The Kier molecular flexibility index (Phi) is 4.49. The monoisotopic (exact) mass is 313 g/mol. The Balaban J connectivity index is 2.20. The van der Waals surface area contributed by atoms with Crippen LogP contribution in [-0.4, -0.2) is 27.3 Å². The first-order valence-corrected chi connectivity index (χ1v) is 7.84. The zero-order valence-electron chi connectivity index (χ0n) is 11.9. The van der Waals surface area contributed by atoms with Crippen molar-refractivity contribution in [3.8, 4) is 0 Å². The smallest absolute Gasteiger partial charge is 0.0767 e. The largest absolute Gasteiger partial charge is 0.295 e. The normalized spacial score (nSPS) is 24.9. The topological polar surface area (TPSA) is 21.1 Å². The van der Waals surface area contributed by atoms with E-state index in [1.165, 1.54) is 28.8 Å². The molecule has 0 aliphatic carbocycles. The maximum atomic E-state index is 4.68. The van der Waals surface area contributed by atoms with Crippen molar-refractivity contribution in [2.24, 2.45) is 5.92 Å². The molecule has 0 radical (unpaired) electrons. The Morgan fingerprint density at radius 3 is 2.56 bits per heavy atom. The maximum Gasteiger partial charge on any atom is 0.0767 e. The van der Waals surface area contributed by atoms with Gasteiger partial charge in [-0.15, -0.1) is 0 Å². The van der Waals surface area contributed by atoms with Crippen molar-refractivity contribution in [3.05, 3.63) is 15.9 Å². The van der Waals surface area contributed by atoms with E-state index in [9.17, 15) is 0 Å². The Labute approximate surface area is 119 Å². The molecule has 18 heavy (non-hydrogen) atoms. The number of halogens is 1. The van der Waals surface area contributed by atoms with Gasteiger partial charge in [-0.2, -0.15) is 5.10 Å². The summed E-state index contributed by atoms with van der Waals surface area (Å²) in [6.07, 6.45) is 2.31. The van der Waals surface area contributed by atoms with E-state index in [0.29, 0.717) is 6.04 Å². The summed E-state index contributed by atoms with van der Waals surface area (Å²) in [4.78, 5) is 2.58. The van der Waals surface area contributed by atoms with Crippen molar-refractivity contribution in [2.45, 2.75) is 59.7 Å². The van der Waals surface area contributed by atoms with Crippen LogP contribution in [0.4, 0.5) is 0 Å². The molecule has 0 saturated carbocycles. The summed E-state index contributed by atoms with van der Waals surface area (Å²) >= 11 is 3.74. The van der Waals surface area contributed by atoms with E-state index < -0.39 is 0 Å². The lowest BCUT2D eigenvalue weighted by Gasteiger charge is -2.21. The minimum Gasteiger partial charge on any atom is -0.295 e. The highest BCUT2D eigenvalue weighted by atomic mass is 79.9. The van der Waals surface area contributed by atoms with Crippen LogP contribution in [0.15, 0.2) is 4.47 Å². The molecular weight excluding hydrogens is 290 g/mol. The highest BCUT2D eigenvalue weighted by Gasteiger charge is 2.28. The molecular formula is C14H24BrN3. The Bertz CT molecular complexity index is 413. The number of aryl methyl sites for hydroxylation is 2. The second-order valence-corrected chi connectivity index (χ2v) is 6.29. The standard InChI is InChI=1S/C14H24BrN3/c1-5-12-14(15)13(18(6-2)16-12)9-17-8-10(3)7-11(17)4/h10-11H,5-9H2,1-4H3. The third-order valence-electron chi connectivity index (χ3n) is 3.96. The van der Waals surface area contributed by atoms with E-state index in [4.69, 9.17) is 0 Å². The second kappa shape index (κ2) is 5.74. The van der Waals surface area contributed by atoms with Crippen LogP contribution < -0.4 is 0 Å². The van der Waals surface area contributed by atoms with Crippen molar-refractivity contribution in [3.63, 3.8) is 0 Å². The van der Waals surface area contributed by atoms with Crippen molar-refractivity contribution in [2.75, 3.05) is 6.54 Å². The molecule has 2 atom stereocenters. The van der Waals surface area contributed by atoms with Gasteiger partial charge in [-0.1, -0.05) is 13.8 Å². The van der Waals surface area contributed by atoms with Crippen LogP contribution in [0.3, 0.4) is 0 Å². The summed E-state index contributed by atoms with van der Waals surface area (Å²) in [5, 5.41) is 4.68. The van der Waals surface area contributed by atoms with Gasteiger partial charge in [-0.3, -0.25) is 9.58 Å². The maximum absolute atomic E-state index is 4.68. The average molecular weight is 314 g/mol. The highest BCUT2D eigenvalue weighted by Crippen LogP contribution is 2.28.